The molecule has 1 N–H and O–H groups in total. The molecule has 0 bridgehead atoms. The number of nitriles is 1. The largest absolute Gasteiger partial charge is 0.325 e. The van der Waals surface area contributed by atoms with Gasteiger partial charge in [0, 0.05) is 12.0 Å². The highest BCUT2D eigenvalue weighted by Crippen LogP contribution is 2.20. The zero-order chi connectivity index (χ0) is 15.9. The average molecular weight is 296 g/mol. The molecule has 0 heterocycles. The van der Waals surface area contributed by atoms with E-state index in [1.807, 2.05) is 18.2 Å². The van der Waals surface area contributed by atoms with Crippen LogP contribution in [-0.4, -0.2) is 11.7 Å². The highest BCUT2D eigenvalue weighted by Gasteiger charge is 2.15. The van der Waals surface area contributed by atoms with Gasteiger partial charge in [-0.05, 0) is 23.8 Å². The van der Waals surface area contributed by atoms with Crippen molar-refractivity contribution in [3.63, 3.8) is 0 Å². The second kappa shape index (κ2) is 7.14. The zero-order valence-corrected chi connectivity index (χ0v) is 11.7. The molecule has 0 aliphatic heterocycles. The minimum absolute atomic E-state index is 0.0927. The van der Waals surface area contributed by atoms with Gasteiger partial charge < -0.3 is 5.32 Å². The van der Waals surface area contributed by atoms with Gasteiger partial charge in [-0.15, -0.1) is 0 Å². The van der Waals surface area contributed by atoms with Gasteiger partial charge >= 0.3 is 0 Å². The Labute approximate surface area is 127 Å². The minimum Gasteiger partial charge on any atom is -0.325 e. The first kappa shape index (κ1) is 15.4. The van der Waals surface area contributed by atoms with E-state index in [-0.39, 0.29) is 29.9 Å². The molecular weight excluding hydrogens is 283 g/mol. The van der Waals surface area contributed by atoms with Gasteiger partial charge in [-0.2, -0.15) is 5.26 Å². The summed E-state index contributed by atoms with van der Waals surface area (Å²) in [6.07, 6.45) is -0.227. The monoisotopic (exact) mass is 296 g/mol. The van der Waals surface area contributed by atoms with Crippen LogP contribution in [0.25, 0.3) is 0 Å². The van der Waals surface area contributed by atoms with Gasteiger partial charge in [-0.1, -0.05) is 30.3 Å². The number of nitrogens with zero attached hydrogens (tertiary/aromatic N) is 1. The quantitative estimate of drug-likeness (QED) is 0.862. The fraction of sp³-hybridized carbons (Fsp3) is 0.118. The van der Waals surface area contributed by atoms with Crippen LogP contribution in [0, 0.1) is 17.1 Å². The number of benzene rings is 2. The predicted molar refractivity (Wildman–Crippen MR) is 79.7 cm³/mol. The number of halogens is 1. The first-order valence-electron chi connectivity index (χ1n) is 6.63. The lowest BCUT2D eigenvalue weighted by atomic mass is 10.0. The highest BCUT2D eigenvalue weighted by atomic mass is 19.1. The zero-order valence-electron chi connectivity index (χ0n) is 11.7. The normalized spacial score (nSPS) is 9.82. The van der Waals surface area contributed by atoms with E-state index >= 15 is 0 Å². The number of carbonyl (C=O) groups is 2. The Hall–Kier alpha value is -3.00. The smallest absolute Gasteiger partial charge is 0.238 e. The number of hydrogen-bond donors (Lipinski definition) is 1. The highest BCUT2D eigenvalue weighted by molar-refractivity contribution is 6.05. The van der Waals surface area contributed by atoms with Crippen LogP contribution in [0.1, 0.15) is 22.3 Å². The summed E-state index contributed by atoms with van der Waals surface area (Å²) >= 11 is 0. The van der Waals surface area contributed by atoms with Crippen molar-refractivity contribution in [1.29, 1.82) is 5.26 Å². The number of Topliss-reactive ketones (excluding diaryl/α,β-unsaturated/α-hetero) is 1. The molecule has 2 aromatic rings. The van der Waals surface area contributed by atoms with Crippen LogP contribution in [-0.2, 0) is 11.2 Å². The summed E-state index contributed by atoms with van der Waals surface area (Å²) in [6, 6.07) is 14.3. The SMILES string of the molecule is N#CCC(=O)Nc1ccc(F)cc1C(=O)Cc1ccccc1. The fourth-order valence-electron chi connectivity index (χ4n) is 2.00. The van der Waals surface area contributed by atoms with E-state index in [0.717, 1.165) is 17.7 Å². The summed E-state index contributed by atoms with van der Waals surface area (Å²) in [6.45, 7) is 0. The molecule has 22 heavy (non-hydrogen) atoms. The summed E-state index contributed by atoms with van der Waals surface area (Å²) in [5.41, 5.74) is 1.10. The van der Waals surface area contributed by atoms with Gasteiger partial charge in [0.1, 0.15) is 12.2 Å². The van der Waals surface area contributed by atoms with Crippen molar-refractivity contribution in [1.82, 2.24) is 0 Å². The van der Waals surface area contributed by atoms with Crippen LogP contribution in [0.5, 0.6) is 0 Å². The van der Waals surface area contributed by atoms with E-state index in [4.69, 9.17) is 5.26 Å². The summed E-state index contributed by atoms with van der Waals surface area (Å²) in [5.74, 6) is -1.41. The van der Waals surface area contributed by atoms with Crippen LogP contribution in [0.3, 0.4) is 0 Å². The Kier molecular flexibility index (Phi) is 4.99. The second-order valence-electron chi connectivity index (χ2n) is 4.66. The molecular formula is C17H13FN2O2. The topological polar surface area (TPSA) is 70.0 Å². The molecule has 0 fully saturated rings. The fourth-order valence-corrected chi connectivity index (χ4v) is 2.00. The van der Waals surface area contributed by atoms with Gasteiger partial charge in [-0.3, -0.25) is 9.59 Å². The molecule has 1 amide bonds. The number of ketones is 1. The van der Waals surface area contributed by atoms with Crippen molar-refractivity contribution in [2.45, 2.75) is 12.8 Å². The lowest BCUT2D eigenvalue weighted by Crippen LogP contribution is -2.15. The molecule has 0 aromatic heterocycles. The third-order valence-corrected chi connectivity index (χ3v) is 3.00. The van der Waals surface area contributed by atoms with Crippen molar-refractivity contribution in [3.05, 3.63) is 65.5 Å². The lowest BCUT2D eigenvalue weighted by molar-refractivity contribution is -0.115. The molecule has 110 valence electrons. The van der Waals surface area contributed by atoms with Gasteiger partial charge in [0.15, 0.2) is 5.78 Å². The Bertz CT molecular complexity index is 736. The standard InChI is InChI=1S/C17H13FN2O2/c18-13-6-7-15(20-17(22)8-9-19)14(11-13)16(21)10-12-4-2-1-3-5-12/h1-7,11H,8,10H2,(H,20,22). The molecule has 2 aromatic carbocycles. The van der Waals surface area contributed by atoms with E-state index in [0.29, 0.717) is 0 Å². The summed E-state index contributed by atoms with van der Waals surface area (Å²) < 4.78 is 13.4. The maximum Gasteiger partial charge on any atom is 0.238 e. The summed E-state index contributed by atoms with van der Waals surface area (Å²) in [4.78, 5) is 23.8. The van der Waals surface area contributed by atoms with Crippen molar-refractivity contribution in [2.75, 3.05) is 5.32 Å². The van der Waals surface area contributed by atoms with Gasteiger partial charge in [0.05, 0.1) is 11.8 Å². The molecule has 0 saturated carbocycles. The molecule has 0 spiro atoms. The van der Waals surface area contributed by atoms with E-state index in [1.165, 1.54) is 6.07 Å². The Morgan fingerprint density at radius 3 is 2.55 bits per heavy atom. The maximum absolute atomic E-state index is 13.4. The van der Waals surface area contributed by atoms with Crippen molar-refractivity contribution < 1.29 is 14.0 Å². The van der Waals surface area contributed by atoms with E-state index in [9.17, 15) is 14.0 Å². The van der Waals surface area contributed by atoms with Crippen LogP contribution < -0.4 is 5.32 Å². The van der Waals surface area contributed by atoms with E-state index in [1.54, 1.807) is 18.2 Å². The number of rotatable bonds is 5. The van der Waals surface area contributed by atoms with Crippen LogP contribution in [0.2, 0.25) is 0 Å². The van der Waals surface area contributed by atoms with Gasteiger partial charge in [0.2, 0.25) is 5.91 Å². The number of carbonyl (C=O) groups excluding carboxylic acids is 2. The molecule has 0 unspecified atom stereocenters. The van der Waals surface area contributed by atoms with Gasteiger partial charge in [-0.25, -0.2) is 4.39 Å². The lowest BCUT2D eigenvalue weighted by Gasteiger charge is -2.10. The number of anilines is 1. The third kappa shape index (κ3) is 4.00. The van der Waals surface area contributed by atoms with Gasteiger partial charge in [0.25, 0.3) is 0 Å². The molecule has 4 nitrogen and oxygen atoms in total. The first-order valence-corrected chi connectivity index (χ1v) is 6.63. The molecule has 0 aliphatic carbocycles. The molecule has 0 aliphatic rings. The summed E-state index contributed by atoms with van der Waals surface area (Å²) in [5, 5.41) is 11.0. The van der Waals surface area contributed by atoms with Crippen LogP contribution in [0.4, 0.5) is 10.1 Å². The third-order valence-electron chi connectivity index (χ3n) is 3.00. The molecule has 0 radical (unpaired) electrons. The number of amides is 1. The first-order chi connectivity index (χ1) is 10.6. The minimum atomic E-state index is -0.560. The van der Waals surface area contributed by atoms with Crippen molar-refractivity contribution in [3.8, 4) is 6.07 Å². The average Bonchev–Trinajstić information content (AvgIpc) is 2.50. The van der Waals surface area contributed by atoms with Crippen LogP contribution in [0.15, 0.2) is 48.5 Å². The molecule has 0 atom stereocenters. The van der Waals surface area contributed by atoms with Crippen molar-refractivity contribution >= 4 is 17.4 Å². The Balaban J connectivity index is 2.25. The summed E-state index contributed by atoms with van der Waals surface area (Å²) in [7, 11) is 0. The number of hydrogen-bond acceptors (Lipinski definition) is 3. The molecule has 2 rings (SSSR count). The Morgan fingerprint density at radius 1 is 1.14 bits per heavy atom. The molecule has 5 heteroatoms. The predicted octanol–water partition coefficient (Wildman–Crippen LogP) is 3.10. The second-order valence-corrected chi connectivity index (χ2v) is 4.66. The maximum atomic E-state index is 13.4. The van der Waals surface area contributed by atoms with E-state index < -0.39 is 11.7 Å². The number of nitrogens with one attached hydrogen (secondary N) is 1. The van der Waals surface area contributed by atoms with Crippen molar-refractivity contribution in [2.24, 2.45) is 0 Å². The Morgan fingerprint density at radius 2 is 1.86 bits per heavy atom. The van der Waals surface area contributed by atoms with Crippen LogP contribution >= 0.6 is 0 Å². The molecule has 0 saturated heterocycles. The van der Waals surface area contributed by atoms with E-state index in [2.05, 4.69) is 5.32 Å².